The van der Waals surface area contributed by atoms with Crippen LogP contribution in [0.5, 0.6) is 5.75 Å². The van der Waals surface area contributed by atoms with Gasteiger partial charge in [0, 0.05) is 6.04 Å². The van der Waals surface area contributed by atoms with Crippen molar-refractivity contribution < 1.29 is 4.74 Å². The smallest absolute Gasteiger partial charge is 0.212 e. The van der Waals surface area contributed by atoms with Gasteiger partial charge in [-0.2, -0.15) is 4.80 Å². The lowest BCUT2D eigenvalue weighted by molar-refractivity contribution is 0.295. The number of aromatic nitrogens is 4. The molecule has 0 saturated carbocycles. The fraction of sp³-hybridized carbons (Fsp3) is 0.417. The van der Waals surface area contributed by atoms with Gasteiger partial charge < -0.3 is 10.5 Å². The van der Waals surface area contributed by atoms with Crippen molar-refractivity contribution in [2.24, 2.45) is 12.8 Å². The first-order valence-electron chi connectivity index (χ1n) is 5.83. The fourth-order valence-electron chi connectivity index (χ4n) is 1.62. The molecule has 1 aromatic carbocycles. The maximum Gasteiger partial charge on any atom is 0.212 e. The Hall–Kier alpha value is -1.95. The van der Waals surface area contributed by atoms with E-state index in [1.165, 1.54) is 10.4 Å². The van der Waals surface area contributed by atoms with Crippen molar-refractivity contribution in [3.63, 3.8) is 0 Å². The summed E-state index contributed by atoms with van der Waals surface area (Å²) in [5, 5.41) is 11.6. The molecule has 0 amide bonds. The largest absolute Gasteiger partial charge is 0.485 e. The molecule has 6 heteroatoms. The maximum absolute atomic E-state index is 5.74. The molecule has 0 fully saturated rings. The van der Waals surface area contributed by atoms with Gasteiger partial charge in [0.1, 0.15) is 5.75 Å². The minimum absolute atomic E-state index is 0.167. The molecule has 0 aliphatic rings. The van der Waals surface area contributed by atoms with Crippen LogP contribution in [0, 0.1) is 0 Å². The van der Waals surface area contributed by atoms with Crippen molar-refractivity contribution >= 4 is 0 Å². The Kier molecular flexibility index (Phi) is 3.88. The van der Waals surface area contributed by atoms with Crippen molar-refractivity contribution in [3.8, 4) is 5.75 Å². The molecule has 6 nitrogen and oxygen atoms in total. The average molecular weight is 247 g/mol. The topological polar surface area (TPSA) is 78.9 Å². The number of aryl methyl sites for hydroxylation is 1. The number of ether oxygens (including phenoxy) is 1. The molecule has 0 saturated heterocycles. The third kappa shape index (κ3) is 3.53. The SMILES string of the molecule is CC(N)Cc1ccc(OCc2nnn(C)n2)cc1. The van der Waals surface area contributed by atoms with Gasteiger partial charge >= 0.3 is 0 Å². The van der Waals surface area contributed by atoms with Gasteiger partial charge in [-0.15, -0.1) is 10.2 Å². The van der Waals surface area contributed by atoms with E-state index in [2.05, 4.69) is 15.4 Å². The first-order valence-corrected chi connectivity index (χ1v) is 5.83. The van der Waals surface area contributed by atoms with E-state index in [-0.39, 0.29) is 6.04 Å². The van der Waals surface area contributed by atoms with Crippen LogP contribution in [0.15, 0.2) is 24.3 Å². The van der Waals surface area contributed by atoms with Crippen LogP contribution in [0.1, 0.15) is 18.3 Å². The highest BCUT2D eigenvalue weighted by Crippen LogP contribution is 2.14. The molecule has 0 radical (unpaired) electrons. The number of hydrogen-bond acceptors (Lipinski definition) is 5. The Morgan fingerprint density at radius 3 is 2.61 bits per heavy atom. The third-order valence-corrected chi connectivity index (χ3v) is 2.40. The first kappa shape index (κ1) is 12.5. The normalized spacial score (nSPS) is 12.4. The summed E-state index contributed by atoms with van der Waals surface area (Å²) in [7, 11) is 1.72. The van der Waals surface area contributed by atoms with Gasteiger partial charge in [-0.3, -0.25) is 0 Å². The highest BCUT2D eigenvalue weighted by Gasteiger charge is 2.02. The zero-order valence-corrected chi connectivity index (χ0v) is 10.6. The quantitative estimate of drug-likeness (QED) is 0.840. The molecule has 1 unspecified atom stereocenters. The van der Waals surface area contributed by atoms with Gasteiger partial charge in [0.15, 0.2) is 6.61 Å². The second-order valence-corrected chi connectivity index (χ2v) is 4.31. The average Bonchev–Trinajstić information content (AvgIpc) is 2.74. The molecule has 1 atom stereocenters. The lowest BCUT2D eigenvalue weighted by Crippen LogP contribution is -2.17. The zero-order chi connectivity index (χ0) is 13.0. The molecular weight excluding hydrogens is 230 g/mol. The summed E-state index contributed by atoms with van der Waals surface area (Å²) in [6.07, 6.45) is 0.867. The van der Waals surface area contributed by atoms with Crippen LogP contribution in [0.3, 0.4) is 0 Å². The van der Waals surface area contributed by atoms with E-state index < -0.39 is 0 Å². The van der Waals surface area contributed by atoms with E-state index in [0.29, 0.717) is 12.4 Å². The van der Waals surface area contributed by atoms with Gasteiger partial charge in [0.05, 0.1) is 7.05 Å². The molecule has 1 aromatic heterocycles. The van der Waals surface area contributed by atoms with Crippen molar-refractivity contribution in [2.75, 3.05) is 0 Å². The zero-order valence-electron chi connectivity index (χ0n) is 10.6. The van der Waals surface area contributed by atoms with E-state index in [9.17, 15) is 0 Å². The van der Waals surface area contributed by atoms with Crippen LogP contribution in [-0.4, -0.2) is 26.2 Å². The van der Waals surface area contributed by atoms with Gasteiger partial charge in [0.2, 0.25) is 5.82 Å². The van der Waals surface area contributed by atoms with Gasteiger partial charge in [-0.1, -0.05) is 12.1 Å². The number of nitrogens with two attached hydrogens (primary N) is 1. The van der Waals surface area contributed by atoms with E-state index >= 15 is 0 Å². The summed E-state index contributed by atoms with van der Waals surface area (Å²) in [4.78, 5) is 1.41. The summed E-state index contributed by atoms with van der Waals surface area (Å²) < 4.78 is 5.56. The Morgan fingerprint density at radius 2 is 2.06 bits per heavy atom. The molecule has 0 aliphatic heterocycles. The molecule has 0 bridgehead atoms. The summed E-state index contributed by atoms with van der Waals surface area (Å²) >= 11 is 0. The lowest BCUT2D eigenvalue weighted by Gasteiger charge is -2.07. The van der Waals surface area contributed by atoms with Crippen LogP contribution >= 0.6 is 0 Å². The highest BCUT2D eigenvalue weighted by molar-refractivity contribution is 5.27. The Balaban J connectivity index is 1.90. The predicted octanol–water partition coefficient (Wildman–Crippen LogP) is 0.679. The van der Waals surface area contributed by atoms with Gasteiger partial charge in [-0.25, -0.2) is 0 Å². The van der Waals surface area contributed by atoms with E-state index in [1.807, 2.05) is 31.2 Å². The molecule has 2 rings (SSSR count). The van der Waals surface area contributed by atoms with Crippen molar-refractivity contribution in [1.82, 2.24) is 20.2 Å². The monoisotopic (exact) mass is 247 g/mol. The van der Waals surface area contributed by atoms with Gasteiger partial charge in [-0.05, 0) is 36.3 Å². The maximum atomic E-state index is 5.74. The standard InChI is InChI=1S/C12H17N5O/c1-9(13)7-10-3-5-11(6-4-10)18-8-12-14-16-17(2)15-12/h3-6,9H,7-8,13H2,1-2H3. The van der Waals surface area contributed by atoms with Crippen LogP contribution < -0.4 is 10.5 Å². The first-order chi connectivity index (χ1) is 8.63. The number of tetrazole rings is 1. The summed E-state index contributed by atoms with van der Waals surface area (Å²) in [5.41, 5.74) is 6.95. The van der Waals surface area contributed by atoms with E-state index in [4.69, 9.17) is 10.5 Å². The molecule has 96 valence electrons. The predicted molar refractivity (Wildman–Crippen MR) is 66.9 cm³/mol. The van der Waals surface area contributed by atoms with Crippen LogP contribution in [0.4, 0.5) is 0 Å². The van der Waals surface area contributed by atoms with Crippen molar-refractivity contribution in [3.05, 3.63) is 35.7 Å². The third-order valence-electron chi connectivity index (χ3n) is 2.40. The van der Waals surface area contributed by atoms with Crippen LogP contribution in [0.2, 0.25) is 0 Å². The minimum Gasteiger partial charge on any atom is -0.485 e. The highest BCUT2D eigenvalue weighted by atomic mass is 16.5. The number of hydrogen-bond donors (Lipinski definition) is 1. The number of rotatable bonds is 5. The Labute approximate surface area is 106 Å². The lowest BCUT2D eigenvalue weighted by atomic mass is 10.1. The van der Waals surface area contributed by atoms with E-state index in [1.54, 1.807) is 7.05 Å². The minimum atomic E-state index is 0.167. The summed E-state index contributed by atoms with van der Waals surface area (Å²) in [6, 6.07) is 8.05. The Bertz CT molecular complexity index is 491. The molecular formula is C12H17N5O. The molecule has 2 N–H and O–H groups in total. The molecule has 0 aliphatic carbocycles. The second-order valence-electron chi connectivity index (χ2n) is 4.31. The second kappa shape index (κ2) is 5.59. The fourth-order valence-corrected chi connectivity index (χ4v) is 1.62. The molecule has 2 aromatic rings. The molecule has 18 heavy (non-hydrogen) atoms. The summed E-state index contributed by atoms with van der Waals surface area (Å²) in [6.45, 7) is 2.31. The Morgan fingerprint density at radius 1 is 1.33 bits per heavy atom. The van der Waals surface area contributed by atoms with Crippen LogP contribution in [-0.2, 0) is 20.1 Å². The van der Waals surface area contributed by atoms with E-state index in [0.717, 1.165) is 12.2 Å². The van der Waals surface area contributed by atoms with Gasteiger partial charge in [0.25, 0.3) is 0 Å². The molecule has 0 spiro atoms. The molecule has 1 heterocycles. The van der Waals surface area contributed by atoms with Crippen molar-refractivity contribution in [1.29, 1.82) is 0 Å². The summed E-state index contributed by atoms with van der Waals surface area (Å²) in [5.74, 6) is 1.35. The number of benzene rings is 1. The number of nitrogens with zero attached hydrogens (tertiary/aromatic N) is 4. The van der Waals surface area contributed by atoms with Crippen molar-refractivity contribution in [2.45, 2.75) is 26.0 Å². The van der Waals surface area contributed by atoms with Crippen LogP contribution in [0.25, 0.3) is 0 Å².